The Morgan fingerprint density at radius 1 is 1.03 bits per heavy atom. The molecule has 5 rings (SSSR count). The number of hydrogen-bond donors (Lipinski definition) is 0. The van der Waals surface area contributed by atoms with Crippen molar-refractivity contribution in [1.82, 2.24) is 15.0 Å². The summed E-state index contributed by atoms with van der Waals surface area (Å²) in [6, 6.07) is 18.7. The van der Waals surface area contributed by atoms with E-state index >= 15 is 0 Å². The second kappa shape index (κ2) is 10.3. The largest absolute Gasteiger partial charge is 0.497 e. The van der Waals surface area contributed by atoms with Crippen LogP contribution in [0, 0.1) is 11.8 Å². The minimum absolute atomic E-state index is 0.0178. The van der Waals surface area contributed by atoms with Crippen molar-refractivity contribution in [3.8, 4) is 17.1 Å². The minimum atomic E-state index is -0.0178. The molecule has 34 heavy (non-hydrogen) atoms. The summed E-state index contributed by atoms with van der Waals surface area (Å²) >= 11 is 0. The molecular weight excluding hydrogens is 428 g/mol. The van der Waals surface area contributed by atoms with Gasteiger partial charge in [0.1, 0.15) is 5.75 Å². The van der Waals surface area contributed by atoms with Crippen LogP contribution in [0.3, 0.4) is 0 Å². The van der Waals surface area contributed by atoms with Gasteiger partial charge < -0.3 is 19.1 Å². The molecule has 0 saturated carbocycles. The first-order valence-electron chi connectivity index (χ1n) is 12.3. The van der Waals surface area contributed by atoms with E-state index < -0.39 is 0 Å². The van der Waals surface area contributed by atoms with Crippen molar-refractivity contribution < 1.29 is 14.1 Å². The summed E-state index contributed by atoms with van der Waals surface area (Å²) in [5.41, 5.74) is 2.27. The number of methoxy groups -OCH3 is 1. The van der Waals surface area contributed by atoms with E-state index in [9.17, 15) is 4.79 Å². The Bertz CT molecular complexity index is 1070. The number of rotatable bonds is 6. The van der Waals surface area contributed by atoms with E-state index in [0.29, 0.717) is 24.3 Å². The fourth-order valence-electron chi connectivity index (χ4n) is 5.12. The lowest BCUT2D eigenvalue weighted by Crippen LogP contribution is -2.47. The van der Waals surface area contributed by atoms with Gasteiger partial charge in [-0.25, -0.2) is 0 Å². The van der Waals surface area contributed by atoms with E-state index in [0.717, 1.165) is 63.1 Å². The number of ether oxygens (including phenoxy) is 1. The van der Waals surface area contributed by atoms with Crippen LogP contribution in [0.2, 0.25) is 0 Å². The van der Waals surface area contributed by atoms with E-state index in [1.165, 1.54) is 5.56 Å². The highest BCUT2D eigenvalue weighted by atomic mass is 16.5. The third kappa shape index (κ3) is 5.08. The van der Waals surface area contributed by atoms with Crippen LogP contribution in [0.1, 0.15) is 31.2 Å². The lowest BCUT2D eigenvalue weighted by Gasteiger charge is -2.37. The molecular formula is C27H32N4O3. The van der Waals surface area contributed by atoms with Gasteiger partial charge in [-0.1, -0.05) is 35.5 Å². The molecule has 1 atom stereocenters. The molecule has 2 saturated heterocycles. The molecule has 0 unspecified atom stereocenters. The molecule has 0 aliphatic carbocycles. The van der Waals surface area contributed by atoms with Crippen molar-refractivity contribution >= 4 is 11.9 Å². The molecule has 2 aliphatic heterocycles. The molecule has 0 radical (unpaired) electrons. The van der Waals surface area contributed by atoms with E-state index in [4.69, 9.17) is 9.26 Å². The van der Waals surface area contributed by atoms with Gasteiger partial charge in [0.25, 0.3) is 0 Å². The standard InChI is InChI=1S/C27H32N4O3/c1-33-24-11-9-22(10-12-24)25-28-27(34-29-25)31-15-5-8-23(19-31)26(32)30-16-13-21(14-17-30)18-20-6-3-2-4-7-20/h2-4,6-7,9-12,21,23H,5,8,13-19H2,1H3/t23-/m0/s1. The number of hydrogen-bond acceptors (Lipinski definition) is 6. The zero-order valence-electron chi connectivity index (χ0n) is 19.7. The summed E-state index contributed by atoms with van der Waals surface area (Å²) in [7, 11) is 1.64. The monoisotopic (exact) mass is 460 g/mol. The zero-order chi connectivity index (χ0) is 23.3. The predicted octanol–water partition coefficient (Wildman–Crippen LogP) is 4.44. The molecule has 0 bridgehead atoms. The van der Waals surface area contributed by atoms with E-state index in [-0.39, 0.29) is 11.8 Å². The second-order valence-electron chi connectivity index (χ2n) is 9.37. The predicted molar refractivity (Wildman–Crippen MR) is 131 cm³/mol. The van der Waals surface area contributed by atoms with E-state index in [1.807, 2.05) is 24.3 Å². The molecule has 3 heterocycles. The number of aromatic nitrogens is 2. The Labute approximate surface area is 200 Å². The fraction of sp³-hybridized carbons (Fsp3) is 0.444. The van der Waals surface area contributed by atoms with E-state index in [2.05, 4.69) is 50.3 Å². The van der Waals surface area contributed by atoms with Gasteiger partial charge in [-0.05, 0) is 67.9 Å². The summed E-state index contributed by atoms with van der Waals surface area (Å²) in [4.78, 5) is 22.0. The van der Waals surface area contributed by atoms with E-state index in [1.54, 1.807) is 7.11 Å². The second-order valence-corrected chi connectivity index (χ2v) is 9.37. The number of benzene rings is 2. The average molecular weight is 461 g/mol. The lowest BCUT2D eigenvalue weighted by atomic mass is 9.89. The molecule has 2 aliphatic rings. The SMILES string of the molecule is COc1ccc(-c2noc(N3CCC[C@H](C(=O)N4CCC(Cc5ccccc5)CC4)C3)n2)cc1. The Kier molecular flexibility index (Phi) is 6.79. The first kappa shape index (κ1) is 22.4. The van der Waals surface area contributed by atoms with Gasteiger partial charge in [-0.3, -0.25) is 4.79 Å². The van der Waals surface area contributed by atoms with Gasteiger partial charge in [0, 0.05) is 31.7 Å². The maximum Gasteiger partial charge on any atom is 0.324 e. The molecule has 7 nitrogen and oxygen atoms in total. The van der Waals surface area contributed by atoms with Crippen LogP contribution >= 0.6 is 0 Å². The van der Waals surface area contributed by atoms with Crippen LogP contribution in [-0.4, -0.2) is 54.2 Å². The van der Waals surface area contributed by atoms with Crippen LogP contribution in [-0.2, 0) is 11.2 Å². The minimum Gasteiger partial charge on any atom is -0.497 e. The average Bonchev–Trinajstić information content (AvgIpc) is 3.40. The highest BCUT2D eigenvalue weighted by molar-refractivity contribution is 5.79. The highest BCUT2D eigenvalue weighted by Gasteiger charge is 2.33. The Morgan fingerprint density at radius 2 is 1.79 bits per heavy atom. The van der Waals surface area contributed by atoms with Crippen LogP contribution < -0.4 is 9.64 Å². The van der Waals surface area contributed by atoms with Gasteiger partial charge in [0.05, 0.1) is 13.0 Å². The summed E-state index contributed by atoms with van der Waals surface area (Å²) in [6.45, 7) is 3.17. The number of likely N-dealkylation sites (tertiary alicyclic amines) is 1. The van der Waals surface area contributed by atoms with Crippen molar-refractivity contribution in [2.45, 2.75) is 32.1 Å². The summed E-state index contributed by atoms with van der Waals surface area (Å²) in [6.07, 6.45) is 5.12. The molecule has 0 N–H and O–H groups in total. The van der Waals surface area contributed by atoms with Gasteiger partial charge in [0.2, 0.25) is 11.7 Å². The molecule has 2 fully saturated rings. The maximum absolute atomic E-state index is 13.3. The molecule has 0 spiro atoms. The third-order valence-electron chi connectivity index (χ3n) is 7.10. The molecule has 178 valence electrons. The lowest BCUT2D eigenvalue weighted by molar-refractivity contribution is -0.137. The zero-order valence-corrected chi connectivity index (χ0v) is 19.7. The number of amides is 1. The summed E-state index contributed by atoms with van der Waals surface area (Å²) in [5.74, 6) is 2.25. The van der Waals surface area contributed by atoms with Crippen molar-refractivity contribution in [2.75, 3.05) is 38.2 Å². The smallest absolute Gasteiger partial charge is 0.324 e. The van der Waals surface area contributed by atoms with Gasteiger partial charge in [-0.15, -0.1) is 0 Å². The van der Waals surface area contributed by atoms with Crippen molar-refractivity contribution in [2.24, 2.45) is 11.8 Å². The van der Waals surface area contributed by atoms with Crippen molar-refractivity contribution in [3.63, 3.8) is 0 Å². The number of carbonyl (C=O) groups excluding carboxylic acids is 1. The summed E-state index contributed by atoms with van der Waals surface area (Å²) < 4.78 is 10.8. The van der Waals surface area contributed by atoms with Gasteiger partial charge >= 0.3 is 6.01 Å². The number of anilines is 1. The molecule has 3 aromatic rings. The highest BCUT2D eigenvalue weighted by Crippen LogP contribution is 2.28. The number of carbonyl (C=O) groups is 1. The van der Waals surface area contributed by atoms with Crippen LogP contribution in [0.4, 0.5) is 6.01 Å². The Balaban J connectivity index is 1.16. The summed E-state index contributed by atoms with van der Waals surface area (Å²) in [5, 5.41) is 4.16. The Morgan fingerprint density at radius 3 is 2.53 bits per heavy atom. The van der Waals surface area contributed by atoms with Crippen molar-refractivity contribution in [3.05, 3.63) is 60.2 Å². The molecule has 7 heteroatoms. The van der Waals surface area contributed by atoms with Crippen LogP contribution in [0.15, 0.2) is 59.1 Å². The van der Waals surface area contributed by atoms with Crippen molar-refractivity contribution in [1.29, 1.82) is 0 Å². The van der Waals surface area contributed by atoms with Crippen LogP contribution in [0.5, 0.6) is 5.75 Å². The Hall–Kier alpha value is -3.35. The molecule has 2 aromatic carbocycles. The van der Waals surface area contributed by atoms with Gasteiger partial charge in [-0.2, -0.15) is 4.98 Å². The maximum atomic E-state index is 13.3. The third-order valence-corrected chi connectivity index (χ3v) is 7.10. The topological polar surface area (TPSA) is 71.7 Å². The first-order chi connectivity index (χ1) is 16.7. The van der Waals surface area contributed by atoms with Crippen LogP contribution in [0.25, 0.3) is 11.4 Å². The van der Waals surface area contributed by atoms with Gasteiger partial charge in [0.15, 0.2) is 0 Å². The fourth-order valence-corrected chi connectivity index (χ4v) is 5.12. The first-order valence-corrected chi connectivity index (χ1v) is 12.3. The number of piperidine rings is 2. The normalized spacial score (nSPS) is 19.3. The number of nitrogens with zero attached hydrogens (tertiary/aromatic N) is 4. The quantitative estimate of drug-likeness (QED) is 0.542. The molecule has 1 amide bonds. The molecule has 1 aromatic heterocycles.